The molecule has 0 heterocycles. The highest BCUT2D eigenvalue weighted by molar-refractivity contribution is 9.10. The highest BCUT2D eigenvalue weighted by Gasteiger charge is 2.13. The van der Waals surface area contributed by atoms with Crippen molar-refractivity contribution < 1.29 is 19.1 Å². The Morgan fingerprint density at radius 3 is 2.38 bits per heavy atom. The molecule has 0 aliphatic carbocycles. The number of halogens is 1. The van der Waals surface area contributed by atoms with Crippen LogP contribution in [-0.2, 0) is 4.79 Å². The number of hydrazine groups is 1. The Balaban J connectivity index is 1.84. The molecule has 2 N–H and O–H groups in total. The summed E-state index contributed by atoms with van der Waals surface area (Å²) in [5.41, 5.74) is 5.04. The van der Waals surface area contributed by atoms with Crippen LogP contribution in [0.1, 0.15) is 24.2 Å². The Morgan fingerprint density at radius 2 is 1.69 bits per heavy atom. The van der Waals surface area contributed by atoms with Gasteiger partial charge in [0.15, 0.2) is 6.61 Å². The smallest absolute Gasteiger partial charge is 0.276 e. The van der Waals surface area contributed by atoms with Gasteiger partial charge in [-0.1, -0.05) is 41.9 Å². The van der Waals surface area contributed by atoms with E-state index < -0.39 is 11.8 Å². The van der Waals surface area contributed by atoms with Gasteiger partial charge in [0.05, 0.1) is 12.2 Å². The summed E-state index contributed by atoms with van der Waals surface area (Å²) in [5.74, 6) is 0.436. The van der Waals surface area contributed by atoms with Gasteiger partial charge in [-0.25, -0.2) is 0 Å². The molecule has 0 atom stereocenters. The van der Waals surface area contributed by atoms with Crippen molar-refractivity contribution in [2.45, 2.75) is 13.8 Å². The van der Waals surface area contributed by atoms with E-state index in [4.69, 9.17) is 9.47 Å². The summed E-state index contributed by atoms with van der Waals surface area (Å²) in [4.78, 5) is 24.1. The molecule has 6 nitrogen and oxygen atoms in total. The average molecular weight is 421 g/mol. The van der Waals surface area contributed by atoms with Crippen molar-refractivity contribution in [2.24, 2.45) is 5.92 Å². The molecule has 0 saturated heterocycles. The first-order valence-electron chi connectivity index (χ1n) is 8.15. The van der Waals surface area contributed by atoms with Gasteiger partial charge in [0.25, 0.3) is 11.8 Å². The van der Waals surface area contributed by atoms with Crippen LogP contribution in [0.3, 0.4) is 0 Å². The highest BCUT2D eigenvalue weighted by atomic mass is 79.9. The number of nitrogens with one attached hydrogen (secondary N) is 2. The van der Waals surface area contributed by atoms with E-state index in [0.717, 1.165) is 4.47 Å². The quantitative estimate of drug-likeness (QED) is 0.673. The molecule has 138 valence electrons. The van der Waals surface area contributed by atoms with Gasteiger partial charge in [-0.3, -0.25) is 20.4 Å². The van der Waals surface area contributed by atoms with Crippen LogP contribution < -0.4 is 20.3 Å². The number of carbonyl (C=O) groups is 2. The number of rotatable bonds is 7. The maximum atomic E-state index is 12.3. The molecule has 0 aliphatic rings. The number of hydrogen-bond acceptors (Lipinski definition) is 4. The van der Waals surface area contributed by atoms with E-state index in [2.05, 4.69) is 26.8 Å². The second kappa shape index (κ2) is 9.82. The lowest BCUT2D eigenvalue weighted by Gasteiger charge is -2.13. The summed E-state index contributed by atoms with van der Waals surface area (Å²) in [5, 5.41) is 0. The van der Waals surface area contributed by atoms with Crippen molar-refractivity contribution in [3.05, 3.63) is 58.6 Å². The molecule has 0 saturated carbocycles. The number of amides is 2. The zero-order valence-electron chi connectivity index (χ0n) is 14.6. The third-order valence-corrected chi connectivity index (χ3v) is 3.73. The van der Waals surface area contributed by atoms with E-state index >= 15 is 0 Å². The van der Waals surface area contributed by atoms with Crippen LogP contribution >= 0.6 is 15.9 Å². The maximum Gasteiger partial charge on any atom is 0.276 e. The first kappa shape index (κ1) is 19.8. The minimum absolute atomic E-state index is 0.215. The molecule has 0 unspecified atom stereocenters. The third-order valence-electron chi connectivity index (χ3n) is 3.20. The number of carbonyl (C=O) groups excluding carboxylic acids is 2. The van der Waals surface area contributed by atoms with Crippen LogP contribution in [0.2, 0.25) is 0 Å². The molecule has 0 bridgehead atoms. The summed E-state index contributed by atoms with van der Waals surface area (Å²) in [7, 11) is 0. The van der Waals surface area contributed by atoms with E-state index in [1.807, 2.05) is 26.0 Å². The van der Waals surface area contributed by atoms with Gasteiger partial charge in [0.1, 0.15) is 11.5 Å². The minimum atomic E-state index is -0.471. The normalized spacial score (nSPS) is 10.3. The monoisotopic (exact) mass is 420 g/mol. The van der Waals surface area contributed by atoms with Crippen LogP contribution in [0.25, 0.3) is 0 Å². The second-order valence-corrected chi connectivity index (χ2v) is 6.86. The minimum Gasteiger partial charge on any atom is -0.492 e. The fourth-order valence-electron chi connectivity index (χ4n) is 1.95. The van der Waals surface area contributed by atoms with Crippen molar-refractivity contribution in [1.82, 2.24) is 10.9 Å². The molecule has 2 aromatic carbocycles. The van der Waals surface area contributed by atoms with Crippen molar-refractivity contribution in [3.8, 4) is 11.5 Å². The van der Waals surface area contributed by atoms with Crippen LogP contribution in [-0.4, -0.2) is 25.0 Å². The largest absolute Gasteiger partial charge is 0.492 e. The van der Waals surface area contributed by atoms with Gasteiger partial charge in [0, 0.05) is 4.47 Å². The average Bonchev–Trinajstić information content (AvgIpc) is 2.64. The lowest BCUT2D eigenvalue weighted by Crippen LogP contribution is -2.43. The molecule has 0 aromatic heterocycles. The van der Waals surface area contributed by atoms with E-state index in [-0.39, 0.29) is 6.61 Å². The highest BCUT2D eigenvalue weighted by Crippen LogP contribution is 2.18. The van der Waals surface area contributed by atoms with Crippen LogP contribution in [0.5, 0.6) is 11.5 Å². The molecule has 0 aliphatic heterocycles. The molecule has 0 radical (unpaired) electrons. The van der Waals surface area contributed by atoms with Gasteiger partial charge >= 0.3 is 0 Å². The summed E-state index contributed by atoms with van der Waals surface area (Å²) in [6.45, 7) is 4.33. The van der Waals surface area contributed by atoms with Gasteiger partial charge in [-0.15, -0.1) is 0 Å². The molecule has 2 rings (SSSR count). The summed E-state index contributed by atoms with van der Waals surface area (Å²) < 4.78 is 11.9. The second-order valence-electron chi connectivity index (χ2n) is 5.95. The number of ether oxygens (including phenoxy) is 2. The van der Waals surface area contributed by atoms with Crippen molar-refractivity contribution in [1.29, 1.82) is 0 Å². The van der Waals surface area contributed by atoms with Crippen LogP contribution in [0.4, 0.5) is 0 Å². The van der Waals surface area contributed by atoms with Gasteiger partial charge in [-0.05, 0) is 42.3 Å². The van der Waals surface area contributed by atoms with Gasteiger partial charge in [0.2, 0.25) is 0 Å². The molecule has 7 heteroatoms. The summed E-state index contributed by atoms with van der Waals surface area (Å²) in [6, 6.07) is 14.0. The van der Waals surface area contributed by atoms with Crippen LogP contribution in [0, 0.1) is 5.92 Å². The predicted octanol–water partition coefficient (Wildman–Crippen LogP) is 3.32. The maximum absolute atomic E-state index is 12.3. The number of hydrogen-bond donors (Lipinski definition) is 2. The zero-order valence-corrected chi connectivity index (χ0v) is 16.2. The fourth-order valence-corrected chi connectivity index (χ4v) is 2.21. The van der Waals surface area contributed by atoms with E-state index in [9.17, 15) is 9.59 Å². The van der Waals surface area contributed by atoms with Crippen molar-refractivity contribution in [2.75, 3.05) is 13.2 Å². The SMILES string of the molecule is CC(C)COc1ccccc1C(=O)NNC(=O)COc1ccc(Br)cc1. The zero-order chi connectivity index (χ0) is 18.9. The molecule has 2 amide bonds. The lowest BCUT2D eigenvalue weighted by molar-refractivity contribution is -0.123. The molecule has 0 fully saturated rings. The van der Waals surface area contributed by atoms with E-state index in [1.165, 1.54) is 0 Å². The number of para-hydroxylation sites is 1. The number of benzene rings is 2. The van der Waals surface area contributed by atoms with Crippen LogP contribution in [0.15, 0.2) is 53.0 Å². The first-order valence-corrected chi connectivity index (χ1v) is 8.94. The van der Waals surface area contributed by atoms with Crippen molar-refractivity contribution in [3.63, 3.8) is 0 Å². The van der Waals surface area contributed by atoms with Crippen molar-refractivity contribution >= 4 is 27.7 Å². The van der Waals surface area contributed by atoms with E-state index in [0.29, 0.717) is 29.6 Å². The fraction of sp³-hybridized carbons (Fsp3) is 0.263. The summed E-state index contributed by atoms with van der Waals surface area (Å²) >= 11 is 3.32. The van der Waals surface area contributed by atoms with E-state index in [1.54, 1.807) is 36.4 Å². The molecule has 26 heavy (non-hydrogen) atoms. The predicted molar refractivity (Wildman–Crippen MR) is 102 cm³/mol. The first-order chi connectivity index (χ1) is 12.5. The Bertz CT molecular complexity index is 747. The molecule has 2 aromatic rings. The Morgan fingerprint density at radius 1 is 1.00 bits per heavy atom. The summed E-state index contributed by atoms with van der Waals surface area (Å²) in [6.07, 6.45) is 0. The molecular weight excluding hydrogens is 400 g/mol. The third kappa shape index (κ3) is 6.40. The van der Waals surface area contributed by atoms with Gasteiger partial charge < -0.3 is 9.47 Å². The standard InChI is InChI=1S/C19H21BrN2O4/c1-13(2)11-26-17-6-4-3-5-16(17)19(24)22-21-18(23)12-25-15-9-7-14(20)8-10-15/h3-10,13H,11-12H2,1-2H3,(H,21,23)(H,22,24). The Hall–Kier alpha value is -2.54. The topological polar surface area (TPSA) is 76.7 Å². The molecular formula is C19H21BrN2O4. The Labute approximate surface area is 161 Å². The molecule has 0 spiro atoms. The van der Waals surface area contributed by atoms with Gasteiger partial charge in [-0.2, -0.15) is 0 Å². The Kier molecular flexibility index (Phi) is 7.47. The lowest BCUT2D eigenvalue weighted by atomic mass is 10.2.